The van der Waals surface area contributed by atoms with Gasteiger partial charge < -0.3 is 14.2 Å². The molecule has 20 heavy (non-hydrogen) atoms. The molecule has 1 aromatic carbocycles. The minimum Gasteiger partial charge on any atom is -0.497 e. The highest BCUT2D eigenvalue weighted by Crippen LogP contribution is 2.26. The lowest BCUT2D eigenvalue weighted by atomic mass is 10.00. The second kappa shape index (κ2) is 5.53. The summed E-state index contributed by atoms with van der Waals surface area (Å²) in [6.07, 6.45) is 2.35. The van der Waals surface area contributed by atoms with Crippen molar-refractivity contribution in [2.75, 3.05) is 25.1 Å². The van der Waals surface area contributed by atoms with Crippen LogP contribution in [0.1, 0.15) is 19.8 Å². The SMILES string of the molecule is COc1cccc(-c2noc(N3CCC(C)CC3)n2)c1. The van der Waals surface area contributed by atoms with Crippen LogP contribution in [0.2, 0.25) is 0 Å². The van der Waals surface area contributed by atoms with Gasteiger partial charge in [0.15, 0.2) is 0 Å². The van der Waals surface area contributed by atoms with Gasteiger partial charge >= 0.3 is 6.01 Å². The fourth-order valence-corrected chi connectivity index (χ4v) is 2.42. The van der Waals surface area contributed by atoms with Crippen molar-refractivity contribution >= 4 is 6.01 Å². The monoisotopic (exact) mass is 273 g/mol. The first-order chi connectivity index (χ1) is 9.76. The highest BCUT2D eigenvalue weighted by atomic mass is 16.5. The lowest BCUT2D eigenvalue weighted by molar-refractivity contribution is 0.377. The number of hydrogen-bond acceptors (Lipinski definition) is 5. The number of ether oxygens (including phenoxy) is 1. The summed E-state index contributed by atoms with van der Waals surface area (Å²) in [5, 5.41) is 4.07. The van der Waals surface area contributed by atoms with Crippen molar-refractivity contribution in [3.8, 4) is 17.1 Å². The summed E-state index contributed by atoms with van der Waals surface area (Å²) in [4.78, 5) is 6.66. The van der Waals surface area contributed by atoms with E-state index in [0.29, 0.717) is 11.8 Å². The van der Waals surface area contributed by atoms with E-state index < -0.39 is 0 Å². The van der Waals surface area contributed by atoms with Crippen LogP contribution in [0.3, 0.4) is 0 Å². The molecular weight excluding hydrogens is 254 g/mol. The van der Waals surface area contributed by atoms with Crippen molar-refractivity contribution < 1.29 is 9.26 Å². The molecule has 1 aliphatic rings. The summed E-state index contributed by atoms with van der Waals surface area (Å²) in [5.41, 5.74) is 0.907. The van der Waals surface area contributed by atoms with Gasteiger partial charge in [0, 0.05) is 18.7 Å². The zero-order chi connectivity index (χ0) is 13.9. The molecule has 0 unspecified atom stereocenters. The molecule has 3 rings (SSSR count). The molecule has 1 fully saturated rings. The molecule has 5 heteroatoms. The van der Waals surface area contributed by atoms with Crippen LogP contribution in [-0.2, 0) is 0 Å². The fraction of sp³-hybridized carbons (Fsp3) is 0.467. The first-order valence-electron chi connectivity index (χ1n) is 6.99. The number of anilines is 1. The van der Waals surface area contributed by atoms with Gasteiger partial charge in [-0.25, -0.2) is 0 Å². The molecule has 0 spiro atoms. The van der Waals surface area contributed by atoms with Crippen LogP contribution in [0, 0.1) is 5.92 Å². The third kappa shape index (κ3) is 2.61. The molecule has 0 atom stereocenters. The van der Waals surface area contributed by atoms with Crippen LogP contribution in [0.15, 0.2) is 28.8 Å². The van der Waals surface area contributed by atoms with E-state index in [4.69, 9.17) is 9.26 Å². The number of rotatable bonds is 3. The molecular formula is C15H19N3O2. The van der Waals surface area contributed by atoms with Crippen molar-refractivity contribution in [3.63, 3.8) is 0 Å². The van der Waals surface area contributed by atoms with Crippen LogP contribution < -0.4 is 9.64 Å². The molecule has 0 N–H and O–H groups in total. The third-order valence-corrected chi connectivity index (χ3v) is 3.80. The molecule has 0 bridgehead atoms. The van der Waals surface area contributed by atoms with Crippen molar-refractivity contribution in [2.24, 2.45) is 5.92 Å². The number of methoxy groups -OCH3 is 1. The molecule has 5 nitrogen and oxygen atoms in total. The van der Waals surface area contributed by atoms with Gasteiger partial charge in [0.05, 0.1) is 7.11 Å². The Morgan fingerprint density at radius 3 is 2.85 bits per heavy atom. The van der Waals surface area contributed by atoms with Crippen molar-refractivity contribution in [1.82, 2.24) is 10.1 Å². The Balaban J connectivity index is 1.79. The van der Waals surface area contributed by atoms with E-state index in [1.807, 2.05) is 24.3 Å². The molecule has 1 saturated heterocycles. The summed E-state index contributed by atoms with van der Waals surface area (Å²) in [6.45, 7) is 4.26. The van der Waals surface area contributed by atoms with E-state index in [0.717, 1.165) is 30.3 Å². The topological polar surface area (TPSA) is 51.4 Å². The average Bonchev–Trinajstić information content (AvgIpc) is 2.98. The van der Waals surface area contributed by atoms with E-state index in [1.165, 1.54) is 12.8 Å². The molecule has 0 amide bonds. The Morgan fingerprint density at radius 1 is 1.30 bits per heavy atom. The van der Waals surface area contributed by atoms with Gasteiger partial charge in [-0.05, 0) is 30.9 Å². The maximum Gasteiger partial charge on any atom is 0.324 e. The summed E-state index contributed by atoms with van der Waals surface area (Å²) in [7, 11) is 1.65. The minimum absolute atomic E-state index is 0.609. The molecule has 2 aromatic rings. The predicted molar refractivity (Wildman–Crippen MR) is 76.9 cm³/mol. The second-order valence-corrected chi connectivity index (χ2v) is 5.30. The molecule has 2 heterocycles. The first kappa shape index (κ1) is 13.0. The fourth-order valence-electron chi connectivity index (χ4n) is 2.42. The number of aromatic nitrogens is 2. The lowest BCUT2D eigenvalue weighted by Gasteiger charge is -2.28. The predicted octanol–water partition coefficient (Wildman–Crippen LogP) is 2.98. The minimum atomic E-state index is 0.609. The van der Waals surface area contributed by atoms with Crippen LogP contribution >= 0.6 is 0 Å². The largest absolute Gasteiger partial charge is 0.497 e. The quantitative estimate of drug-likeness (QED) is 0.860. The maximum atomic E-state index is 5.39. The molecule has 1 aliphatic heterocycles. The van der Waals surface area contributed by atoms with Crippen molar-refractivity contribution in [2.45, 2.75) is 19.8 Å². The Hall–Kier alpha value is -2.04. The Kier molecular flexibility index (Phi) is 3.58. The number of piperidine rings is 1. The van der Waals surface area contributed by atoms with Gasteiger partial charge in [-0.1, -0.05) is 24.2 Å². The number of benzene rings is 1. The molecule has 106 valence electrons. The van der Waals surface area contributed by atoms with Gasteiger partial charge in [0.25, 0.3) is 0 Å². The Bertz CT molecular complexity index is 574. The highest BCUT2D eigenvalue weighted by molar-refractivity contribution is 5.58. The summed E-state index contributed by atoms with van der Waals surface area (Å²) in [5.74, 6) is 2.19. The van der Waals surface area contributed by atoms with Crippen LogP contribution in [0.4, 0.5) is 6.01 Å². The van der Waals surface area contributed by atoms with Crippen LogP contribution in [0.5, 0.6) is 5.75 Å². The first-order valence-corrected chi connectivity index (χ1v) is 6.99. The second-order valence-electron chi connectivity index (χ2n) is 5.30. The Labute approximate surface area is 118 Å². The van der Waals surface area contributed by atoms with Gasteiger partial charge in [0.1, 0.15) is 5.75 Å². The summed E-state index contributed by atoms with van der Waals surface area (Å²) < 4.78 is 10.6. The molecule has 0 saturated carbocycles. The number of nitrogens with zero attached hydrogens (tertiary/aromatic N) is 3. The zero-order valence-electron chi connectivity index (χ0n) is 11.9. The normalized spacial score (nSPS) is 16.4. The summed E-state index contributed by atoms with van der Waals surface area (Å²) in [6, 6.07) is 8.31. The van der Waals surface area contributed by atoms with Crippen LogP contribution in [0.25, 0.3) is 11.4 Å². The third-order valence-electron chi connectivity index (χ3n) is 3.80. The van der Waals surface area contributed by atoms with Gasteiger partial charge in [-0.15, -0.1) is 0 Å². The lowest BCUT2D eigenvalue weighted by Crippen LogP contribution is -2.32. The number of hydrogen-bond donors (Lipinski definition) is 0. The molecule has 1 aromatic heterocycles. The molecule has 0 aliphatic carbocycles. The summed E-state index contributed by atoms with van der Waals surface area (Å²) >= 11 is 0. The van der Waals surface area contributed by atoms with Gasteiger partial charge in [-0.3, -0.25) is 0 Å². The van der Waals surface area contributed by atoms with E-state index in [1.54, 1.807) is 7.11 Å². The maximum absolute atomic E-state index is 5.39. The standard InChI is InChI=1S/C15H19N3O2/c1-11-6-8-18(9-7-11)15-16-14(17-20-15)12-4-3-5-13(10-12)19-2/h3-5,10-11H,6-9H2,1-2H3. The van der Waals surface area contributed by atoms with E-state index in [-0.39, 0.29) is 0 Å². The van der Waals surface area contributed by atoms with Crippen LogP contribution in [-0.4, -0.2) is 30.3 Å². The van der Waals surface area contributed by atoms with E-state index in [2.05, 4.69) is 22.0 Å². The van der Waals surface area contributed by atoms with Gasteiger partial charge in [0.2, 0.25) is 5.82 Å². The smallest absolute Gasteiger partial charge is 0.324 e. The van der Waals surface area contributed by atoms with E-state index >= 15 is 0 Å². The van der Waals surface area contributed by atoms with Crippen molar-refractivity contribution in [1.29, 1.82) is 0 Å². The molecule has 0 radical (unpaired) electrons. The Morgan fingerprint density at radius 2 is 2.10 bits per heavy atom. The zero-order valence-corrected chi connectivity index (χ0v) is 11.9. The highest BCUT2D eigenvalue weighted by Gasteiger charge is 2.21. The van der Waals surface area contributed by atoms with Gasteiger partial charge in [-0.2, -0.15) is 4.98 Å². The van der Waals surface area contributed by atoms with E-state index in [9.17, 15) is 0 Å². The van der Waals surface area contributed by atoms with Crippen molar-refractivity contribution in [3.05, 3.63) is 24.3 Å². The average molecular weight is 273 g/mol.